The van der Waals surface area contributed by atoms with Crippen LogP contribution in [0.1, 0.15) is 0 Å². The fourth-order valence-corrected chi connectivity index (χ4v) is 8.98. The molecule has 0 bridgehead atoms. The monoisotopic (exact) mass is 680 g/mol. The summed E-state index contributed by atoms with van der Waals surface area (Å²) in [5, 5.41) is 9.90. The molecule has 11 rings (SSSR count). The lowest BCUT2D eigenvalue weighted by molar-refractivity contribution is 1.08. The van der Waals surface area contributed by atoms with Crippen LogP contribution < -0.4 is 0 Å². The SMILES string of the molecule is c1ccc(-c2nc(-c3ccc4ccccc4c3)nc(-c3ccc4c(c3)sc3cccc(-n5c6ccccc6c6c7ccccc7ccc65)c34)n2)cc1. The lowest BCUT2D eigenvalue weighted by Gasteiger charge is -2.11. The first kappa shape index (κ1) is 29.1. The summed E-state index contributed by atoms with van der Waals surface area (Å²) in [6.07, 6.45) is 0. The molecule has 8 aromatic carbocycles. The Balaban J connectivity index is 1.11. The van der Waals surface area contributed by atoms with E-state index in [0.29, 0.717) is 17.5 Å². The number of benzene rings is 8. The molecule has 0 unspecified atom stereocenters. The van der Waals surface area contributed by atoms with Crippen LogP contribution in [0.3, 0.4) is 0 Å². The summed E-state index contributed by atoms with van der Waals surface area (Å²) in [5.74, 6) is 1.98. The summed E-state index contributed by atoms with van der Waals surface area (Å²) in [5.41, 5.74) is 6.49. The third kappa shape index (κ3) is 4.50. The Bertz CT molecular complexity index is 3190. The lowest BCUT2D eigenvalue weighted by atomic mass is 10.0. The third-order valence-corrected chi connectivity index (χ3v) is 11.3. The molecule has 0 amide bonds. The van der Waals surface area contributed by atoms with Gasteiger partial charge in [0.15, 0.2) is 17.5 Å². The van der Waals surface area contributed by atoms with Crippen LogP contribution in [0.2, 0.25) is 0 Å². The van der Waals surface area contributed by atoms with Gasteiger partial charge in [0.05, 0.1) is 16.7 Å². The first-order valence-corrected chi connectivity index (χ1v) is 18.3. The zero-order valence-electron chi connectivity index (χ0n) is 27.9. The van der Waals surface area contributed by atoms with Crippen LogP contribution >= 0.6 is 11.3 Å². The number of hydrogen-bond acceptors (Lipinski definition) is 4. The van der Waals surface area contributed by atoms with Crippen molar-refractivity contribution in [1.82, 2.24) is 19.5 Å². The van der Waals surface area contributed by atoms with Gasteiger partial charge in [0.1, 0.15) is 0 Å². The summed E-state index contributed by atoms with van der Waals surface area (Å²) in [7, 11) is 0. The van der Waals surface area contributed by atoms with Gasteiger partial charge in [0, 0.05) is 47.6 Å². The molecule has 11 aromatic rings. The number of para-hydroxylation sites is 1. The van der Waals surface area contributed by atoms with Gasteiger partial charge in [0.2, 0.25) is 0 Å². The van der Waals surface area contributed by atoms with Crippen molar-refractivity contribution in [3.63, 3.8) is 0 Å². The molecular formula is C47H28N4S. The Labute approximate surface area is 302 Å². The number of fused-ring (bicyclic) bond motifs is 9. The minimum atomic E-state index is 0.658. The quantitative estimate of drug-likeness (QED) is 0.186. The van der Waals surface area contributed by atoms with Crippen molar-refractivity contribution in [2.75, 3.05) is 0 Å². The zero-order chi connectivity index (χ0) is 34.2. The molecule has 52 heavy (non-hydrogen) atoms. The summed E-state index contributed by atoms with van der Waals surface area (Å²) in [4.78, 5) is 15.1. The van der Waals surface area contributed by atoms with Gasteiger partial charge in [-0.15, -0.1) is 11.3 Å². The zero-order valence-corrected chi connectivity index (χ0v) is 28.7. The normalized spacial score (nSPS) is 11.8. The summed E-state index contributed by atoms with van der Waals surface area (Å²) >= 11 is 1.81. The molecule has 0 saturated heterocycles. The Morgan fingerprint density at radius 3 is 1.87 bits per heavy atom. The van der Waals surface area contributed by atoms with E-state index in [-0.39, 0.29) is 0 Å². The van der Waals surface area contributed by atoms with E-state index in [0.717, 1.165) is 22.1 Å². The maximum atomic E-state index is 5.10. The molecular weight excluding hydrogens is 653 g/mol. The Kier molecular flexibility index (Phi) is 6.39. The predicted octanol–water partition coefficient (Wildman–Crippen LogP) is 12.6. The molecule has 0 atom stereocenters. The van der Waals surface area contributed by atoms with Crippen molar-refractivity contribution in [2.24, 2.45) is 0 Å². The van der Waals surface area contributed by atoms with Crippen LogP contribution in [-0.2, 0) is 0 Å². The van der Waals surface area contributed by atoms with E-state index in [2.05, 4.69) is 156 Å². The molecule has 242 valence electrons. The van der Waals surface area contributed by atoms with Crippen molar-refractivity contribution in [3.8, 4) is 39.9 Å². The molecule has 4 nitrogen and oxygen atoms in total. The molecule has 5 heteroatoms. The molecule has 0 fully saturated rings. The van der Waals surface area contributed by atoms with E-state index in [1.54, 1.807) is 0 Å². The highest BCUT2D eigenvalue weighted by atomic mass is 32.1. The lowest BCUT2D eigenvalue weighted by Crippen LogP contribution is -2.00. The van der Waals surface area contributed by atoms with Crippen molar-refractivity contribution in [2.45, 2.75) is 0 Å². The van der Waals surface area contributed by atoms with Crippen LogP contribution in [0.4, 0.5) is 0 Å². The average molecular weight is 681 g/mol. The fourth-order valence-electron chi connectivity index (χ4n) is 7.81. The molecule has 3 aromatic heterocycles. The summed E-state index contributed by atoms with van der Waals surface area (Å²) < 4.78 is 4.89. The summed E-state index contributed by atoms with van der Waals surface area (Å²) in [6.45, 7) is 0. The van der Waals surface area contributed by atoms with Crippen LogP contribution in [0.5, 0.6) is 0 Å². The number of aromatic nitrogens is 4. The minimum Gasteiger partial charge on any atom is -0.309 e. The van der Waals surface area contributed by atoms with Gasteiger partial charge in [-0.3, -0.25) is 0 Å². The Morgan fingerprint density at radius 1 is 0.365 bits per heavy atom. The topological polar surface area (TPSA) is 43.6 Å². The van der Waals surface area contributed by atoms with E-state index in [1.807, 2.05) is 29.5 Å². The maximum absolute atomic E-state index is 5.10. The fraction of sp³-hybridized carbons (Fsp3) is 0. The van der Waals surface area contributed by atoms with Crippen LogP contribution in [0.25, 0.3) is 103 Å². The van der Waals surface area contributed by atoms with Gasteiger partial charge in [0.25, 0.3) is 0 Å². The number of hydrogen-bond donors (Lipinski definition) is 0. The van der Waals surface area contributed by atoms with Crippen molar-refractivity contribution >= 4 is 74.9 Å². The Hall–Kier alpha value is -6.69. The molecule has 0 saturated carbocycles. The molecule has 3 heterocycles. The molecule has 0 aliphatic rings. The number of rotatable bonds is 4. The second kappa shape index (κ2) is 11.4. The second-order valence-corrected chi connectivity index (χ2v) is 14.3. The first-order chi connectivity index (χ1) is 25.8. The van der Waals surface area contributed by atoms with E-state index in [4.69, 9.17) is 15.0 Å². The maximum Gasteiger partial charge on any atom is 0.164 e. The third-order valence-electron chi connectivity index (χ3n) is 10.2. The van der Waals surface area contributed by atoms with E-state index < -0.39 is 0 Å². The molecule has 0 spiro atoms. The second-order valence-electron chi connectivity index (χ2n) is 13.2. The van der Waals surface area contributed by atoms with E-state index >= 15 is 0 Å². The largest absolute Gasteiger partial charge is 0.309 e. The van der Waals surface area contributed by atoms with Crippen molar-refractivity contribution in [1.29, 1.82) is 0 Å². The number of nitrogens with zero attached hydrogens (tertiary/aromatic N) is 4. The average Bonchev–Trinajstić information content (AvgIpc) is 3.76. The smallest absolute Gasteiger partial charge is 0.164 e. The van der Waals surface area contributed by atoms with Crippen LogP contribution in [0.15, 0.2) is 170 Å². The van der Waals surface area contributed by atoms with Crippen LogP contribution in [0, 0.1) is 0 Å². The molecule has 0 radical (unpaired) electrons. The van der Waals surface area contributed by atoms with Gasteiger partial charge >= 0.3 is 0 Å². The van der Waals surface area contributed by atoms with Gasteiger partial charge in [-0.2, -0.15) is 0 Å². The van der Waals surface area contributed by atoms with E-state index in [9.17, 15) is 0 Å². The first-order valence-electron chi connectivity index (χ1n) is 17.4. The Morgan fingerprint density at radius 2 is 1.02 bits per heavy atom. The predicted molar refractivity (Wildman–Crippen MR) is 218 cm³/mol. The molecule has 0 aliphatic carbocycles. The standard InChI is InChI=1S/C47H28N4S/c1-2-13-31(14-3-1)45-48-46(33-22-21-29-11-4-5-15-32(29)27-33)50-47(49-45)34-23-25-37-42(28-34)52-41-20-10-19-39(44(37)41)51-38-18-9-8-17-36(38)43-35-16-7-6-12-30(35)24-26-40(43)51/h1-28H. The van der Waals surface area contributed by atoms with Crippen molar-refractivity contribution < 1.29 is 0 Å². The summed E-state index contributed by atoms with van der Waals surface area (Å²) in [6, 6.07) is 60.3. The van der Waals surface area contributed by atoms with Gasteiger partial charge in [-0.05, 0) is 57.9 Å². The van der Waals surface area contributed by atoms with Gasteiger partial charge in [-0.25, -0.2) is 15.0 Å². The molecule has 0 N–H and O–H groups in total. The van der Waals surface area contributed by atoms with Gasteiger partial charge < -0.3 is 4.57 Å². The highest BCUT2D eigenvalue weighted by Gasteiger charge is 2.19. The highest BCUT2D eigenvalue weighted by molar-refractivity contribution is 7.26. The van der Waals surface area contributed by atoms with E-state index in [1.165, 1.54) is 63.8 Å². The van der Waals surface area contributed by atoms with Crippen LogP contribution in [-0.4, -0.2) is 19.5 Å². The number of thiophene rings is 1. The van der Waals surface area contributed by atoms with Gasteiger partial charge in [-0.1, -0.05) is 133 Å². The molecule has 0 aliphatic heterocycles. The van der Waals surface area contributed by atoms with Crippen molar-refractivity contribution in [3.05, 3.63) is 170 Å². The highest BCUT2D eigenvalue weighted by Crippen LogP contribution is 2.43. The minimum absolute atomic E-state index is 0.658.